The predicted molar refractivity (Wildman–Crippen MR) is 89.1 cm³/mol. The van der Waals surface area contributed by atoms with Crippen LogP contribution in [-0.4, -0.2) is 69.6 Å². The van der Waals surface area contributed by atoms with Crippen molar-refractivity contribution in [3.05, 3.63) is 35.4 Å². The maximum absolute atomic E-state index is 12.7. The van der Waals surface area contributed by atoms with Crippen LogP contribution in [0.25, 0.3) is 0 Å². The molecule has 2 atom stereocenters. The maximum Gasteiger partial charge on any atom is 0.318 e. The molecule has 2 heterocycles. The first kappa shape index (κ1) is 15.9. The minimum Gasteiger partial charge on any atom is -0.378 e. The van der Waals surface area contributed by atoms with Crippen LogP contribution in [-0.2, 0) is 15.9 Å². The average Bonchev–Trinajstić information content (AvgIpc) is 3.01. The molecule has 2 saturated heterocycles. The van der Waals surface area contributed by atoms with Crippen LogP contribution in [0, 0.1) is 0 Å². The number of fused-ring (bicyclic) bond motifs is 1. The van der Waals surface area contributed by atoms with Gasteiger partial charge >= 0.3 is 6.03 Å². The molecular formula is C18H26N3O3+. The van der Waals surface area contributed by atoms with Crippen LogP contribution in [0.3, 0.4) is 0 Å². The lowest BCUT2D eigenvalue weighted by Gasteiger charge is -2.35. The van der Waals surface area contributed by atoms with E-state index in [2.05, 4.69) is 29.6 Å². The number of hydrogen-bond donors (Lipinski definition) is 2. The highest BCUT2D eigenvalue weighted by atomic mass is 16.5. The van der Waals surface area contributed by atoms with Gasteiger partial charge < -0.3 is 24.6 Å². The molecule has 1 aromatic rings. The number of quaternary nitrogens is 1. The molecule has 6 heteroatoms. The molecular weight excluding hydrogens is 306 g/mol. The fourth-order valence-electron chi connectivity index (χ4n) is 4.19. The summed E-state index contributed by atoms with van der Waals surface area (Å²) < 4.78 is 10.9. The highest BCUT2D eigenvalue weighted by molar-refractivity contribution is 5.75. The average molecular weight is 332 g/mol. The molecule has 1 aromatic carbocycles. The third-order valence-corrected chi connectivity index (χ3v) is 5.41. The minimum atomic E-state index is 0.0498. The van der Waals surface area contributed by atoms with Crippen molar-refractivity contribution in [3.8, 4) is 0 Å². The van der Waals surface area contributed by atoms with E-state index in [1.807, 2.05) is 4.90 Å². The zero-order chi connectivity index (χ0) is 16.4. The second kappa shape index (κ2) is 7.09. The van der Waals surface area contributed by atoms with Crippen molar-refractivity contribution >= 4 is 6.03 Å². The standard InChI is InChI=1S/C18H25N3O3/c22-18(21-7-11-24-12-8-21)19-16-13-14-3-1-2-4-15(14)17(16)20-5-9-23-10-6-20/h1-4,16-17H,5-13H2,(H,19,22)/p+1/t16-,17+/m0/s1. The van der Waals surface area contributed by atoms with Gasteiger partial charge in [0.15, 0.2) is 0 Å². The highest BCUT2D eigenvalue weighted by Crippen LogP contribution is 2.29. The molecule has 0 radical (unpaired) electrons. The molecule has 2 aliphatic heterocycles. The molecule has 2 fully saturated rings. The number of urea groups is 1. The number of ether oxygens (including phenoxy) is 2. The summed E-state index contributed by atoms with van der Waals surface area (Å²) in [6.45, 7) is 6.25. The third kappa shape index (κ3) is 3.14. The molecule has 24 heavy (non-hydrogen) atoms. The lowest BCUT2D eigenvalue weighted by atomic mass is 10.0. The summed E-state index contributed by atoms with van der Waals surface area (Å²) in [4.78, 5) is 16.1. The second-order valence-electron chi connectivity index (χ2n) is 6.81. The van der Waals surface area contributed by atoms with Crippen molar-refractivity contribution in [2.75, 3.05) is 52.6 Å². The molecule has 0 bridgehead atoms. The largest absolute Gasteiger partial charge is 0.378 e. The summed E-state index contributed by atoms with van der Waals surface area (Å²) in [5, 5.41) is 3.31. The topological polar surface area (TPSA) is 55.2 Å². The fourth-order valence-corrected chi connectivity index (χ4v) is 4.19. The number of nitrogens with one attached hydrogen (secondary N) is 2. The van der Waals surface area contributed by atoms with Gasteiger partial charge in [0.2, 0.25) is 0 Å². The van der Waals surface area contributed by atoms with Gasteiger partial charge in [0, 0.05) is 18.7 Å². The molecule has 2 amide bonds. The van der Waals surface area contributed by atoms with Crippen LogP contribution in [0.2, 0.25) is 0 Å². The van der Waals surface area contributed by atoms with E-state index in [1.54, 1.807) is 0 Å². The van der Waals surface area contributed by atoms with Crippen LogP contribution in [0.4, 0.5) is 4.79 Å². The van der Waals surface area contributed by atoms with Gasteiger partial charge in [-0.25, -0.2) is 4.79 Å². The molecule has 130 valence electrons. The van der Waals surface area contributed by atoms with E-state index >= 15 is 0 Å². The van der Waals surface area contributed by atoms with Crippen LogP contribution >= 0.6 is 0 Å². The minimum absolute atomic E-state index is 0.0498. The maximum atomic E-state index is 12.7. The van der Waals surface area contributed by atoms with Crippen molar-refractivity contribution in [1.29, 1.82) is 0 Å². The van der Waals surface area contributed by atoms with Gasteiger partial charge in [-0.3, -0.25) is 0 Å². The lowest BCUT2D eigenvalue weighted by molar-refractivity contribution is -0.939. The number of carbonyl (C=O) groups is 1. The SMILES string of the molecule is O=C(N[C@H]1Cc2ccccc2[C@H]1[NH+]1CCOCC1)N1CCOCC1. The van der Waals surface area contributed by atoms with Crippen LogP contribution in [0.1, 0.15) is 17.2 Å². The van der Waals surface area contributed by atoms with Crippen molar-refractivity contribution in [2.24, 2.45) is 0 Å². The Balaban J connectivity index is 1.51. The Labute approximate surface area is 142 Å². The zero-order valence-electron chi connectivity index (χ0n) is 14.0. The van der Waals surface area contributed by atoms with Gasteiger partial charge in [0.05, 0.1) is 32.5 Å². The Kier molecular flexibility index (Phi) is 4.69. The van der Waals surface area contributed by atoms with E-state index in [9.17, 15) is 4.79 Å². The highest BCUT2D eigenvalue weighted by Gasteiger charge is 2.41. The molecule has 0 aromatic heterocycles. The first-order valence-corrected chi connectivity index (χ1v) is 8.96. The van der Waals surface area contributed by atoms with E-state index < -0.39 is 0 Å². The van der Waals surface area contributed by atoms with Gasteiger partial charge in [0.25, 0.3) is 0 Å². The zero-order valence-corrected chi connectivity index (χ0v) is 14.0. The Morgan fingerprint density at radius 3 is 2.58 bits per heavy atom. The van der Waals surface area contributed by atoms with Crippen molar-refractivity contribution in [3.63, 3.8) is 0 Å². The number of morpholine rings is 2. The smallest absolute Gasteiger partial charge is 0.318 e. The summed E-state index contributed by atoms with van der Waals surface area (Å²) in [5.74, 6) is 0. The number of amides is 2. The Morgan fingerprint density at radius 1 is 1.08 bits per heavy atom. The van der Waals surface area contributed by atoms with E-state index in [-0.39, 0.29) is 12.1 Å². The Bertz CT molecular complexity index is 583. The Hall–Kier alpha value is -1.63. The summed E-state index contributed by atoms with van der Waals surface area (Å²) >= 11 is 0. The fraction of sp³-hybridized carbons (Fsp3) is 0.611. The van der Waals surface area contributed by atoms with Gasteiger partial charge in [-0.05, 0) is 12.0 Å². The number of nitrogens with zero attached hydrogens (tertiary/aromatic N) is 1. The Morgan fingerprint density at radius 2 is 1.79 bits per heavy atom. The van der Waals surface area contributed by atoms with E-state index in [4.69, 9.17) is 9.47 Å². The second-order valence-corrected chi connectivity index (χ2v) is 6.81. The third-order valence-electron chi connectivity index (χ3n) is 5.41. The normalized spacial score (nSPS) is 27.8. The van der Waals surface area contributed by atoms with E-state index in [0.29, 0.717) is 32.3 Å². The van der Waals surface area contributed by atoms with Crippen molar-refractivity contribution in [1.82, 2.24) is 10.2 Å². The van der Waals surface area contributed by atoms with Crippen LogP contribution in [0.15, 0.2) is 24.3 Å². The van der Waals surface area contributed by atoms with Crippen LogP contribution < -0.4 is 10.2 Å². The molecule has 3 aliphatic rings. The van der Waals surface area contributed by atoms with Gasteiger partial charge in [-0.2, -0.15) is 0 Å². The summed E-state index contributed by atoms with van der Waals surface area (Å²) in [6, 6.07) is 9.16. The molecule has 2 N–H and O–H groups in total. The monoisotopic (exact) mass is 332 g/mol. The number of hydrogen-bond acceptors (Lipinski definition) is 3. The molecule has 0 saturated carbocycles. The van der Waals surface area contributed by atoms with Gasteiger partial charge in [-0.1, -0.05) is 24.3 Å². The van der Waals surface area contributed by atoms with Gasteiger partial charge in [-0.15, -0.1) is 0 Å². The van der Waals surface area contributed by atoms with E-state index in [0.717, 1.165) is 32.7 Å². The quantitative estimate of drug-likeness (QED) is 0.776. The molecule has 0 spiro atoms. The summed E-state index contributed by atoms with van der Waals surface area (Å²) in [6.07, 6.45) is 0.918. The van der Waals surface area contributed by atoms with Crippen molar-refractivity contribution in [2.45, 2.75) is 18.5 Å². The van der Waals surface area contributed by atoms with Crippen LogP contribution in [0.5, 0.6) is 0 Å². The summed E-state index contributed by atoms with van der Waals surface area (Å²) in [7, 11) is 0. The van der Waals surface area contributed by atoms with Crippen molar-refractivity contribution < 1.29 is 19.2 Å². The summed E-state index contributed by atoms with van der Waals surface area (Å²) in [5.41, 5.74) is 2.76. The first-order chi connectivity index (χ1) is 11.8. The van der Waals surface area contributed by atoms with Gasteiger partial charge in [0.1, 0.15) is 19.1 Å². The number of rotatable bonds is 2. The molecule has 0 unspecified atom stereocenters. The predicted octanol–water partition coefficient (Wildman–Crippen LogP) is -0.391. The number of benzene rings is 1. The molecule has 1 aliphatic carbocycles. The molecule has 6 nitrogen and oxygen atoms in total. The van der Waals surface area contributed by atoms with E-state index in [1.165, 1.54) is 16.0 Å². The molecule has 4 rings (SSSR count). The number of carbonyl (C=O) groups excluding carboxylic acids is 1. The first-order valence-electron chi connectivity index (χ1n) is 8.96. The lowest BCUT2D eigenvalue weighted by Crippen LogP contribution is -3.15.